The van der Waals surface area contributed by atoms with Crippen molar-refractivity contribution in [2.24, 2.45) is 23.0 Å². The second-order valence-corrected chi connectivity index (χ2v) is 5.26. The van der Waals surface area contributed by atoms with Gasteiger partial charge in [-0.1, -0.05) is 37.3 Å². The normalized spacial score (nSPS) is 18.3. The molecular weight excluding hydrogens is 262 g/mol. The zero-order chi connectivity index (χ0) is 14.8. The van der Waals surface area contributed by atoms with E-state index in [1.54, 1.807) is 0 Å². The van der Waals surface area contributed by atoms with Gasteiger partial charge in [-0.3, -0.25) is 4.68 Å². The van der Waals surface area contributed by atoms with Crippen LogP contribution in [-0.4, -0.2) is 21.3 Å². The first-order valence-electron chi connectivity index (χ1n) is 7.16. The second-order valence-electron chi connectivity index (χ2n) is 5.26. The van der Waals surface area contributed by atoms with Crippen LogP contribution in [0, 0.1) is 0 Å². The smallest absolute Gasteiger partial charge is 0.123 e. The summed E-state index contributed by atoms with van der Waals surface area (Å²) in [6.45, 7) is 2.10. The number of rotatable bonds is 3. The number of aromatic nitrogens is 2. The van der Waals surface area contributed by atoms with Crippen LogP contribution in [0.3, 0.4) is 0 Å². The van der Waals surface area contributed by atoms with E-state index in [-0.39, 0.29) is 5.92 Å². The molecule has 1 atom stereocenters. The predicted octanol–water partition coefficient (Wildman–Crippen LogP) is 2.23. The molecule has 0 radical (unpaired) electrons. The Bertz CT molecular complexity index is 697. The van der Waals surface area contributed by atoms with Crippen molar-refractivity contribution in [2.45, 2.75) is 25.7 Å². The average molecular weight is 281 g/mol. The van der Waals surface area contributed by atoms with Gasteiger partial charge in [0.2, 0.25) is 0 Å². The van der Waals surface area contributed by atoms with Crippen LogP contribution < -0.4 is 5.73 Å². The molecule has 1 unspecified atom stereocenters. The van der Waals surface area contributed by atoms with Gasteiger partial charge in [0.25, 0.3) is 0 Å². The van der Waals surface area contributed by atoms with Gasteiger partial charge >= 0.3 is 0 Å². The van der Waals surface area contributed by atoms with E-state index >= 15 is 0 Å². The summed E-state index contributed by atoms with van der Waals surface area (Å²) in [5, 5.41) is 13.0. The Labute approximate surface area is 124 Å². The summed E-state index contributed by atoms with van der Waals surface area (Å²) in [7, 11) is 1.93. The lowest BCUT2D eigenvalue weighted by Crippen LogP contribution is -2.26. The van der Waals surface area contributed by atoms with E-state index in [1.807, 2.05) is 36.1 Å². The third-order valence-corrected chi connectivity index (χ3v) is 3.75. The van der Waals surface area contributed by atoms with Crippen LogP contribution >= 0.6 is 0 Å². The number of nitrogens with two attached hydrogens (primary N) is 1. The van der Waals surface area contributed by atoms with Crippen molar-refractivity contribution in [3.05, 3.63) is 53.3 Å². The van der Waals surface area contributed by atoms with Crippen molar-refractivity contribution in [3.8, 4) is 0 Å². The standard InChI is InChI=1S/C16H19N5/c1-3-14-13(10-21(2)20-14)16-12(9-15(17)18-19-16)11-7-5-4-6-8-11/h4-8,10,12H,3,9H2,1-2H3,(H2,17,18). The Hall–Kier alpha value is -2.43. The van der Waals surface area contributed by atoms with E-state index in [0.29, 0.717) is 12.3 Å². The minimum atomic E-state index is 0.137. The summed E-state index contributed by atoms with van der Waals surface area (Å²) in [5.74, 6) is 0.716. The highest BCUT2D eigenvalue weighted by Gasteiger charge is 2.27. The maximum Gasteiger partial charge on any atom is 0.123 e. The average Bonchev–Trinajstić information content (AvgIpc) is 2.89. The molecule has 0 saturated carbocycles. The van der Waals surface area contributed by atoms with Gasteiger partial charge in [0, 0.05) is 31.1 Å². The number of nitrogens with zero attached hydrogens (tertiary/aromatic N) is 4. The molecule has 5 nitrogen and oxygen atoms in total. The highest BCUT2D eigenvalue weighted by Crippen LogP contribution is 2.29. The zero-order valence-electron chi connectivity index (χ0n) is 12.3. The highest BCUT2D eigenvalue weighted by atomic mass is 15.3. The monoisotopic (exact) mass is 281 g/mol. The number of hydrogen-bond donors (Lipinski definition) is 1. The molecule has 2 N–H and O–H groups in total. The summed E-state index contributed by atoms with van der Waals surface area (Å²) < 4.78 is 1.83. The SMILES string of the molecule is CCc1nn(C)cc1C1=NN=C(N)CC1c1ccccc1. The Kier molecular flexibility index (Phi) is 3.56. The second kappa shape index (κ2) is 5.52. The van der Waals surface area contributed by atoms with Crippen LogP contribution in [0.2, 0.25) is 0 Å². The summed E-state index contributed by atoms with van der Waals surface area (Å²) in [6.07, 6.45) is 3.58. The van der Waals surface area contributed by atoms with Crippen molar-refractivity contribution in [1.29, 1.82) is 0 Å². The van der Waals surface area contributed by atoms with Crippen molar-refractivity contribution in [3.63, 3.8) is 0 Å². The molecule has 0 fully saturated rings. The van der Waals surface area contributed by atoms with Crippen molar-refractivity contribution < 1.29 is 0 Å². The van der Waals surface area contributed by atoms with Gasteiger partial charge in [-0.25, -0.2) is 0 Å². The molecule has 0 bridgehead atoms. The molecule has 1 aliphatic heterocycles. The van der Waals surface area contributed by atoms with Crippen LogP contribution in [0.4, 0.5) is 0 Å². The van der Waals surface area contributed by atoms with Gasteiger partial charge in [-0.15, -0.1) is 5.10 Å². The fraction of sp³-hybridized carbons (Fsp3) is 0.312. The number of aryl methyl sites for hydroxylation is 2. The molecule has 2 aromatic rings. The molecule has 5 heteroatoms. The molecule has 1 aromatic heterocycles. The minimum Gasteiger partial charge on any atom is -0.386 e. The maximum absolute atomic E-state index is 5.90. The van der Waals surface area contributed by atoms with Crippen LogP contribution in [0.5, 0.6) is 0 Å². The van der Waals surface area contributed by atoms with Crippen LogP contribution in [0.25, 0.3) is 0 Å². The Morgan fingerprint density at radius 3 is 2.71 bits per heavy atom. The first-order chi connectivity index (χ1) is 10.2. The summed E-state index contributed by atoms with van der Waals surface area (Å²) >= 11 is 0. The zero-order valence-corrected chi connectivity index (χ0v) is 12.3. The molecule has 0 saturated heterocycles. The van der Waals surface area contributed by atoms with E-state index in [0.717, 1.165) is 23.4 Å². The van der Waals surface area contributed by atoms with Crippen molar-refractivity contribution >= 4 is 11.5 Å². The molecule has 21 heavy (non-hydrogen) atoms. The topological polar surface area (TPSA) is 68.6 Å². The van der Waals surface area contributed by atoms with E-state index in [4.69, 9.17) is 5.73 Å². The van der Waals surface area contributed by atoms with Gasteiger partial charge in [0.05, 0.1) is 11.4 Å². The largest absolute Gasteiger partial charge is 0.386 e. The molecule has 1 aromatic carbocycles. The molecule has 1 aliphatic rings. The van der Waals surface area contributed by atoms with E-state index < -0.39 is 0 Å². The first-order valence-corrected chi connectivity index (χ1v) is 7.16. The van der Waals surface area contributed by atoms with Gasteiger partial charge in [-0.2, -0.15) is 10.2 Å². The molecule has 0 spiro atoms. The van der Waals surface area contributed by atoms with Gasteiger partial charge in [0.15, 0.2) is 0 Å². The lowest BCUT2D eigenvalue weighted by Gasteiger charge is -2.21. The molecule has 3 rings (SSSR count). The minimum absolute atomic E-state index is 0.137. The summed E-state index contributed by atoms with van der Waals surface area (Å²) in [4.78, 5) is 0. The fourth-order valence-electron chi connectivity index (χ4n) is 2.75. The molecule has 108 valence electrons. The van der Waals surface area contributed by atoms with Gasteiger partial charge in [0.1, 0.15) is 5.84 Å². The summed E-state index contributed by atoms with van der Waals surface area (Å²) in [6, 6.07) is 10.3. The van der Waals surface area contributed by atoms with Crippen molar-refractivity contribution in [1.82, 2.24) is 9.78 Å². The van der Waals surface area contributed by atoms with E-state index in [1.165, 1.54) is 5.56 Å². The van der Waals surface area contributed by atoms with Crippen molar-refractivity contribution in [2.75, 3.05) is 0 Å². The third kappa shape index (κ3) is 2.59. The van der Waals surface area contributed by atoms with E-state index in [2.05, 4.69) is 34.4 Å². The lowest BCUT2D eigenvalue weighted by molar-refractivity contribution is 0.746. The Morgan fingerprint density at radius 1 is 1.24 bits per heavy atom. The number of amidine groups is 1. The molecule has 2 heterocycles. The highest BCUT2D eigenvalue weighted by molar-refractivity contribution is 6.09. The van der Waals surface area contributed by atoms with Crippen LogP contribution in [-0.2, 0) is 13.5 Å². The molecular formula is C16H19N5. The number of hydrogen-bond acceptors (Lipinski definition) is 4. The quantitative estimate of drug-likeness (QED) is 0.937. The Balaban J connectivity index is 2.08. The third-order valence-electron chi connectivity index (χ3n) is 3.75. The van der Waals surface area contributed by atoms with Crippen LogP contribution in [0.15, 0.2) is 46.7 Å². The molecule has 0 aliphatic carbocycles. The predicted molar refractivity (Wildman–Crippen MR) is 84.5 cm³/mol. The molecule has 0 amide bonds. The lowest BCUT2D eigenvalue weighted by atomic mass is 9.86. The van der Waals surface area contributed by atoms with Gasteiger partial charge in [-0.05, 0) is 12.0 Å². The van der Waals surface area contributed by atoms with Crippen LogP contribution in [0.1, 0.15) is 36.1 Å². The maximum atomic E-state index is 5.90. The van der Waals surface area contributed by atoms with E-state index in [9.17, 15) is 0 Å². The number of benzene rings is 1. The fourth-order valence-corrected chi connectivity index (χ4v) is 2.75. The Morgan fingerprint density at radius 2 is 2.00 bits per heavy atom. The first kappa shape index (κ1) is 13.5. The van der Waals surface area contributed by atoms with Gasteiger partial charge < -0.3 is 5.73 Å². The summed E-state index contributed by atoms with van der Waals surface area (Å²) in [5.41, 5.74) is 10.2.